The number of halogens is 2. The van der Waals surface area contributed by atoms with E-state index in [1.54, 1.807) is 12.1 Å². The molecule has 0 spiro atoms. The zero-order chi connectivity index (χ0) is 20.5. The molecule has 1 heterocycles. The van der Waals surface area contributed by atoms with Crippen molar-refractivity contribution < 1.29 is 32.7 Å². The third kappa shape index (κ3) is 6.95. The van der Waals surface area contributed by atoms with Crippen LogP contribution in [0.3, 0.4) is 0 Å². The Kier molecular flexibility index (Phi) is 7.88. The molecule has 0 bridgehead atoms. The number of aliphatic hydroxyl groups is 1. The molecule has 28 heavy (non-hydrogen) atoms. The molecule has 1 aromatic carbocycles. The monoisotopic (exact) mass is 397 g/mol. The van der Waals surface area contributed by atoms with E-state index in [1.165, 1.54) is 0 Å². The summed E-state index contributed by atoms with van der Waals surface area (Å²) in [6, 6.07) is 8.07. The highest BCUT2D eigenvalue weighted by molar-refractivity contribution is 5.91. The first-order valence-corrected chi connectivity index (χ1v) is 8.52. The molecule has 152 valence electrons. The smallest absolute Gasteiger partial charge is 0.289 e. The molecule has 8 nitrogen and oxygen atoms in total. The van der Waals surface area contributed by atoms with Crippen LogP contribution in [-0.4, -0.2) is 47.9 Å². The zero-order valence-electron chi connectivity index (χ0n) is 15.2. The topological polar surface area (TPSA) is 114 Å². The number of hydrogen-bond acceptors (Lipinski definition) is 6. The molecular weight excluding hydrogens is 376 g/mol. The molecule has 1 atom stereocenters. The van der Waals surface area contributed by atoms with Crippen LogP contribution >= 0.6 is 0 Å². The van der Waals surface area contributed by atoms with Crippen LogP contribution in [-0.2, 0) is 4.79 Å². The molecule has 2 aromatic rings. The number of carbonyl (C=O) groups excluding carboxylic acids is 2. The van der Waals surface area contributed by atoms with E-state index in [2.05, 4.69) is 20.3 Å². The van der Waals surface area contributed by atoms with E-state index >= 15 is 0 Å². The fourth-order valence-electron chi connectivity index (χ4n) is 2.11. The number of benzene rings is 1. The van der Waals surface area contributed by atoms with Gasteiger partial charge in [-0.2, -0.15) is 0 Å². The van der Waals surface area contributed by atoms with Crippen LogP contribution in [0.1, 0.15) is 34.7 Å². The lowest BCUT2D eigenvalue weighted by Gasteiger charge is -2.12. The Balaban J connectivity index is 1.61. The second kappa shape index (κ2) is 10.4. The number of aliphatic hydroxyl groups excluding tert-OH is 1. The zero-order valence-corrected chi connectivity index (χ0v) is 15.2. The first-order chi connectivity index (χ1) is 13.3. The Labute approximate surface area is 159 Å². The van der Waals surface area contributed by atoms with Gasteiger partial charge in [0.1, 0.15) is 5.75 Å². The van der Waals surface area contributed by atoms with Gasteiger partial charge in [-0.05, 0) is 25.5 Å². The maximum Gasteiger partial charge on any atom is 0.289 e. The van der Waals surface area contributed by atoms with Crippen molar-refractivity contribution >= 4 is 11.8 Å². The van der Waals surface area contributed by atoms with Gasteiger partial charge in [-0.25, -0.2) is 8.78 Å². The Hall–Kier alpha value is -3.01. The van der Waals surface area contributed by atoms with E-state index in [4.69, 9.17) is 4.74 Å². The van der Waals surface area contributed by atoms with Gasteiger partial charge in [-0.1, -0.05) is 22.9 Å². The molecule has 0 radical (unpaired) electrons. The fourth-order valence-corrected chi connectivity index (χ4v) is 2.11. The van der Waals surface area contributed by atoms with E-state index in [9.17, 15) is 23.5 Å². The van der Waals surface area contributed by atoms with Crippen LogP contribution in [0.25, 0.3) is 0 Å². The highest BCUT2D eigenvalue weighted by Gasteiger charge is 2.18. The Morgan fingerprint density at radius 1 is 1.25 bits per heavy atom. The molecule has 0 aliphatic heterocycles. The maximum absolute atomic E-state index is 12.4. The van der Waals surface area contributed by atoms with Gasteiger partial charge in [0, 0.05) is 19.2 Å². The van der Waals surface area contributed by atoms with Gasteiger partial charge in [0.05, 0.1) is 6.10 Å². The summed E-state index contributed by atoms with van der Waals surface area (Å²) in [4.78, 5) is 23.4. The lowest BCUT2D eigenvalue weighted by molar-refractivity contribution is -0.123. The minimum absolute atomic E-state index is 0.0240. The van der Waals surface area contributed by atoms with Gasteiger partial charge in [-0.15, -0.1) is 0 Å². The molecule has 0 fully saturated rings. The Morgan fingerprint density at radius 3 is 2.61 bits per heavy atom. The van der Waals surface area contributed by atoms with Crippen LogP contribution in [0.15, 0.2) is 34.9 Å². The molecule has 2 amide bonds. The third-order valence-corrected chi connectivity index (χ3v) is 3.66. The number of rotatable bonds is 10. The normalized spacial score (nSPS) is 11.9. The minimum Gasteiger partial charge on any atom is -0.484 e. The van der Waals surface area contributed by atoms with Gasteiger partial charge in [0.15, 0.2) is 12.3 Å². The summed E-state index contributed by atoms with van der Waals surface area (Å²) in [6.07, 6.45) is -3.60. The van der Waals surface area contributed by atoms with Crippen molar-refractivity contribution in [2.45, 2.75) is 25.9 Å². The second-order valence-corrected chi connectivity index (χ2v) is 6.02. The van der Waals surface area contributed by atoms with Crippen molar-refractivity contribution in [3.8, 4) is 5.75 Å². The highest BCUT2D eigenvalue weighted by Crippen LogP contribution is 2.17. The molecule has 0 aliphatic rings. The Morgan fingerprint density at radius 2 is 1.96 bits per heavy atom. The van der Waals surface area contributed by atoms with E-state index < -0.39 is 30.0 Å². The highest BCUT2D eigenvalue weighted by atomic mass is 19.3. The lowest BCUT2D eigenvalue weighted by atomic mass is 10.2. The number of carbonyl (C=O) groups is 2. The minimum atomic E-state index is -2.83. The number of hydrogen-bond donors (Lipinski definition) is 3. The van der Waals surface area contributed by atoms with E-state index in [1.807, 2.05) is 19.1 Å². The molecule has 2 rings (SSSR count). The number of nitrogens with zero attached hydrogens (tertiary/aromatic N) is 1. The third-order valence-electron chi connectivity index (χ3n) is 3.66. The van der Waals surface area contributed by atoms with Gasteiger partial charge in [-0.3, -0.25) is 9.59 Å². The van der Waals surface area contributed by atoms with Gasteiger partial charge < -0.3 is 25.0 Å². The maximum atomic E-state index is 12.4. The fraction of sp³-hybridized carbons (Fsp3) is 0.389. The van der Waals surface area contributed by atoms with Crippen LogP contribution < -0.4 is 15.4 Å². The average Bonchev–Trinajstić information content (AvgIpc) is 3.16. The van der Waals surface area contributed by atoms with Crippen LogP contribution in [0, 0.1) is 6.92 Å². The summed E-state index contributed by atoms with van der Waals surface area (Å²) < 4.78 is 34.6. The summed E-state index contributed by atoms with van der Waals surface area (Å²) in [5.74, 6) is -0.898. The molecule has 0 saturated carbocycles. The number of amides is 2. The summed E-state index contributed by atoms with van der Waals surface area (Å²) in [5.41, 5.74) is 0.450. The van der Waals surface area contributed by atoms with E-state index in [0.717, 1.165) is 11.6 Å². The molecule has 3 N–H and O–H groups in total. The van der Waals surface area contributed by atoms with E-state index in [-0.39, 0.29) is 31.9 Å². The van der Waals surface area contributed by atoms with Crippen LogP contribution in [0.5, 0.6) is 5.75 Å². The number of ether oxygens (including phenoxy) is 1. The summed E-state index contributed by atoms with van der Waals surface area (Å²) in [5, 5.41) is 17.8. The van der Waals surface area contributed by atoms with Gasteiger partial charge >= 0.3 is 0 Å². The first kappa shape index (κ1) is 21.3. The number of nitrogens with one attached hydrogen (secondary N) is 2. The molecule has 0 saturated heterocycles. The van der Waals surface area contributed by atoms with Crippen molar-refractivity contribution in [3.05, 3.63) is 47.3 Å². The van der Waals surface area contributed by atoms with Gasteiger partial charge in [0.2, 0.25) is 5.76 Å². The summed E-state index contributed by atoms with van der Waals surface area (Å²) >= 11 is 0. The van der Waals surface area contributed by atoms with Crippen molar-refractivity contribution in [3.63, 3.8) is 0 Å². The van der Waals surface area contributed by atoms with Crippen molar-refractivity contribution in [2.24, 2.45) is 0 Å². The molecule has 0 unspecified atom stereocenters. The number of alkyl halides is 2. The second-order valence-electron chi connectivity index (χ2n) is 6.02. The van der Waals surface area contributed by atoms with Crippen molar-refractivity contribution in [2.75, 3.05) is 19.7 Å². The average molecular weight is 397 g/mol. The predicted molar refractivity (Wildman–Crippen MR) is 94.1 cm³/mol. The molecular formula is C18H21F2N3O5. The Bertz CT molecular complexity index is 780. The lowest BCUT2D eigenvalue weighted by Crippen LogP contribution is -2.37. The number of aryl methyl sites for hydroxylation is 1. The molecule has 1 aromatic heterocycles. The summed E-state index contributed by atoms with van der Waals surface area (Å²) in [7, 11) is 0. The molecule has 10 heteroatoms. The largest absolute Gasteiger partial charge is 0.484 e. The van der Waals surface area contributed by atoms with Crippen molar-refractivity contribution in [1.29, 1.82) is 0 Å². The van der Waals surface area contributed by atoms with Crippen molar-refractivity contribution in [1.82, 2.24) is 15.8 Å². The van der Waals surface area contributed by atoms with Gasteiger partial charge in [0.25, 0.3) is 18.2 Å². The quantitative estimate of drug-likeness (QED) is 0.561. The number of aromatic nitrogens is 1. The molecule has 0 aliphatic carbocycles. The van der Waals surface area contributed by atoms with Crippen LogP contribution in [0.4, 0.5) is 8.78 Å². The SMILES string of the molecule is Cc1ccc(OCC(=O)NC[C@@H](O)CCNC(=O)c2cc(C(F)F)no2)cc1. The standard InChI is InChI=1S/C18H21F2N3O5/c1-11-2-4-13(5-3-11)27-10-16(25)22-9-12(24)6-7-21-18(26)15-8-14(17(19)20)23-28-15/h2-5,8,12,17,24H,6-7,9-10H2,1H3,(H,21,26)(H,22,25)/t12-/m0/s1. The van der Waals surface area contributed by atoms with E-state index in [0.29, 0.717) is 5.75 Å². The predicted octanol–water partition coefficient (Wildman–Crippen LogP) is 1.60. The first-order valence-electron chi connectivity index (χ1n) is 8.52. The summed E-state index contributed by atoms with van der Waals surface area (Å²) in [6.45, 7) is 1.78. The van der Waals surface area contributed by atoms with Crippen LogP contribution in [0.2, 0.25) is 0 Å².